The van der Waals surface area contributed by atoms with Gasteiger partial charge in [-0.1, -0.05) is 6.07 Å². The molecule has 0 unspecified atom stereocenters. The SMILES string of the molecule is O=[N+]([O-])c1cc(Br)c(F)cc1NCc1cccs1. The molecule has 0 aliphatic heterocycles. The predicted octanol–water partition coefficient (Wildman–Crippen LogP) is 4.17. The highest BCUT2D eigenvalue weighted by molar-refractivity contribution is 9.10. The van der Waals surface area contributed by atoms with E-state index in [1.807, 2.05) is 17.5 Å². The number of thiophene rings is 1. The van der Waals surface area contributed by atoms with Gasteiger partial charge in [0.05, 0.1) is 9.40 Å². The zero-order valence-corrected chi connectivity index (χ0v) is 11.4. The van der Waals surface area contributed by atoms with E-state index < -0.39 is 10.7 Å². The van der Waals surface area contributed by atoms with Crippen LogP contribution in [0.4, 0.5) is 15.8 Å². The number of nitro benzene ring substituents is 1. The monoisotopic (exact) mass is 330 g/mol. The van der Waals surface area contributed by atoms with Crippen molar-refractivity contribution < 1.29 is 9.31 Å². The number of hydrogen-bond acceptors (Lipinski definition) is 4. The number of anilines is 1. The third-order valence-corrected chi connectivity index (χ3v) is 3.75. The number of rotatable bonds is 4. The van der Waals surface area contributed by atoms with Crippen LogP contribution in [-0.2, 0) is 6.54 Å². The van der Waals surface area contributed by atoms with Crippen LogP contribution in [0, 0.1) is 15.9 Å². The summed E-state index contributed by atoms with van der Waals surface area (Å²) in [5.74, 6) is -0.533. The van der Waals surface area contributed by atoms with Crippen LogP contribution < -0.4 is 5.32 Å². The Morgan fingerprint density at radius 1 is 1.50 bits per heavy atom. The van der Waals surface area contributed by atoms with E-state index in [0.717, 1.165) is 17.0 Å². The predicted molar refractivity (Wildman–Crippen MR) is 72.4 cm³/mol. The van der Waals surface area contributed by atoms with Crippen molar-refractivity contribution >= 4 is 38.6 Å². The molecule has 0 bridgehead atoms. The first kappa shape index (κ1) is 13.0. The zero-order valence-electron chi connectivity index (χ0n) is 9.02. The molecule has 0 atom stereocenters. The molecular weight excluding hydrogens is 323 g/mol. The first-order valence-electron chi connectivity index (χ1n) is 4.97. The van der Waals surface area contributed by atoms with Gasteiger partial charge in [-0.2, -0.15) is 0 Å². The van der Waals surface area contributed by atoms with Crippen LogP contribution in [0.5, 0.6) is 0 Å². The molecule has 7 heteroatoms. The zero-order chi connectivity index (χ0) is 13.1. The fourth-order valence-corrected chi connectivity index (χ4v) is 2.40. The first-order chi connectivity index (χ1) is 8.58. The number of nitrogens with zero attached hydrogens (tertiary/aromatic N) is 1. The molecule has 0 spiro atoms. The first-order valence-corrected chi connectivity index (χ1v) is 6.65. The summed E-state index contributed by atoms with van der Waals surface area (Å²) in [5.41, 5.74) is 0.0222. The second-order valence-electron chi connectivity index (χ2n) is 3.47. The average Bonchev–Trinajstić information content (AvgIpc) is 2.83. The van der Waals surface area contributed by atoms with E-state index in [1.165, 1.54) is 11.3 Å². The van der Waals surface area contributed by atoms with E-state index >= 15 is 0 Å². The summed E-state index contributed by atoms with van der Waals surface area (Å²) >= 11 is 4.46. The number of benzene rings is 1. The molecule has 18 heavy (non-hydrogen) atoms. The van der Waals surface area contributed by atoms with Crippen molar-refractivity contribution in [1.29, 1.82) is 0 Å². The molecule has 2 rings (SSSR count). The molecule has 1 aromatic carbocycles. The van der Waals surface area contributed by atoms with Gasteiger partial charge in [0.15, 0.2) is 0 Å². The van der Waals surface area contributed by atoms with Gasteiger partial charge >= 0.3 is 0 Å². The molecule has 0 aliphatic rings. The van der Waals surface area contributed by atoms with Crippen molar-refractivity contribution in [2.75, 3.05) is 5.32 Å². The molecule has 0 aliphatic carbocycles. The highest BCUT2D eigenvalue weighted by Gasteiger charge is 2.17. The molecule has 4 nitrogen and oxygen atoms in total. The van der Waals surface area contributed by atoms with Crippen molar-refractivity contribution in [3.05, 3.63) is 54.9 Å². The van der Waals surface area contributed by atoms with Crippen molar-refractivity contribution in [3.8, 4) is 0 Å². The summed E-state index contributed by atoms with van der Waals surface area (Å²) in [4.78, 5) is 11.4. The lowest BCUT2D eigenvalue weighted by atomic mass is 10.2. The highest BCUT2D eigenvalue weighted by Crippen LogP contribution is 2.31. The quantitative estimate of drug-likeness (QED) is 0.676. The van der Waals surface area contributed by atoms with Crippen LogP contribution in [-0.4, -0.2) is 4.92 Å². The number of hydrogen-bond donors (Lipinski definition) is 1. The van der Waals surface area contributed by atoms with Crippen molar-refractivity contribution in [3.63, 3.8) is 0 Å². The Morgan fingerprint density at radius 2 is 2.28 bits per heavy atom. The maximum absolute atomic E-state index is 13.4. The summed E-state index contributed by atoms with van der Waals surface area (Å²) in [6.07, 6.45) is 0. The van der Waals surface area contributed by atoms with Gasteiger partial charge in [-0.3, -0.25) is 10.1 Å². The van der Waals surface area contributed by atoms with Gasteiger partial charge in [0.25, 0.3) is 5.69 Å². The van der Waals surface area contributed by atoms with E-state index in [0.29, 0.717) is 6.54 Å². The van der Waals surface area contributed by atoms with Gasteiger partial charge in [0.1, 0.15) is 11.5 Å². The molecule has 1 N–H and O–H groups in total. The van der Waals surface area contributed by atoms with E-state index in [2.05, 4.69) is 21.2 Å². The molecule has 94 valence electrons. The van der Waals surface area contributed by atoms with Crippen LogP contribution in [0.2, 0.25) is 0 Å². The molecule has 0 amide bonds. The van der Waals surface area contributed by atoms with Gasteiger partial charge in [-0.25, -0.2) is 4.39 Å². The number of nitro groups is 1. The Hall–Kier alpha value is -1.47. The fraction of sp³-hybridized carbons (Fsp3) is 0.0909. The Balaban J connectivity index is 2.25. The smallest absolute Gasteiger partial charge is 0.293 e. The molecule has 0 saturated carbocycles. The highest BCUT2D eigenvalue weighted by atomic mass is 79.9. The summed E-state index contributed by atoms with van der Waals surface area (Å²) in [7, 11) is 0. The lowest BCUT2D eigenvalue weighted by Crippen LogP contribution is -2.02. The fourth-order valence-electron chi connectivity index (χ4n) is 1.42. The van der Waals surface area contributed by atoms with Gasteiger partial charge in [0.2, 0.25) is 0 Å². The lowest BCUT2D eigenvalue weighted by Gasteiger charge is -2.07. The van der Waals surface area contributed by atoms with E-state index in [1.54, 1.807) is 0 Å². The Labute approximate surface area is 115 Å². The molecule has 0 saturated heterocycles. The minimum Gasteiger partial charge on any atom is -0.375 e. The average molecular weight is 331 g/mol. The summed E-state index contributed by atoms with van der Waals surface area (Å²) in [6, 6.07) is 6.07. The van der Waals surface area contributed by atoms with E-state index in [-0.39, 0.29) is 15.8 Å². The summed E-state index contributed by atoms with van der Waals surface area (Å²) in [6.45, 7) is 0.430. The van der Waals surface area contributed by atoms with Crippen LogP contribution in [0.3, 0.4) is 0 Å². The minimum absolute atomic E-state index is 0.0795. The Kier molecular flexibility index (Phi) is 3.93. The maximum atomic E-state index is 13.4. The molecule has 0 fully saturated rings. The molecule has 0 radical (unpaired) electrons. The largest absolute Gasteiger partial charge is 0.375 e. The normalized spacial score (nSPS) is 10.3. The van der Waals surface area contributed by atoms with Crippen LogP contribution >= 0.6 is 27.3 Å². The molecular formula is C11H8BrFN2O2S. The van der Waals surface area contributed by atoms with Crippen LogP contribution in [0.15, 0.2) is 34.1 Å². The minimum atomic E-state index is -0.541. The molecule has 2 aromatic rings. The van der Waals surface area contributed by atoms with Gasteiger partial charge in [0, 0.05) is 23.6 Å². The molecule has 1 aromatic heterocycles. The van der Waals surface area contributed by atoms with Gasteiger partial charge < -0.3 is 5.32 Å². The molecule has 1 heterocycles. The van der Waals surface area contributed by atoms with Crippen molar-refractivity contribution in [2.24, 2.45) is 0 Å². The third kappa shape index (κ3) is 2.85. The van der Waals surface area contributed by atoms with Gasteiger partial charge in [-0.15, -0.1) is 11.3 Å². The topological polar surface area (TPSA) is 55.2 Å². The Morgan fingerprint density at radius 3 is 2.89 bits per heavy atom. The lowest BCUT2D eigenvalue weighted by molar-refractivity contribution is -0.384. The second kappa shape index (κ2) is 5.45. The number of nitrogens with one attached hydrogen (secondary N) is 1. The number of halogens is 2. The van der Waals surface area contributed by atoms with Crippen molar-refractivity contribution in [2.45, 2.75) is 6.54 Å². The maximum Gasteiger partial charge on any atom is 0.293 e. The van der Waals surface area contributed by atoms with Crippen LogP contribution in [0.1, 0.15) is 4.88 Å². The summed E-state index contributed by atoms with van der Waals surface area (Å²) in [5, 5.41) is 15.7. The van der Waals surface area contributed by atoms with Gasteiger partial charge in [-0.05, 0) is 27.4 Å². The standard InChI is InChI=1S/C11H8BrFN2O2S/c12-8-4-11(15(16)17)10(5-9(8)13)14-6-7-2-1-3-18-7/h1-5,14H,6H2. The third-order valence-electron chi connectivity index (χ3n) is 2.27. The van der Waals surface area contributed by atoms with E-state index in [9.17, 15) is 14.5 Å². The van der Waals surface area contributed by atoms with Crippen LogP contribution in [0.25, 0.3) is 0 Å². The van der Waals surface area contributed by atoms with Crippen molar-refractivity contribution in [1.82, 2.24) is 0 Å². The summed E-state index contributed by atoms with van der Waals surface area (Å²) < 4.78 is 13.5. The van der Waals surface area contributed by atoms with E-state index in [4.69, 9.17) is 0 Å². The Bertz CT molecular complexity index is 575. The second-order valence-corrected chi connectivity index (χ2v) is 5.36.